The average Bonchev–Trinajstić information content (AvgIpc) is 3.16. The first kappa shape index (κ1) is 15.0. The summed E-state index contributed by atoms with van der Waals surface area (Å²) < 4.78 is 33.7. The Hall–Kier alpha value is -1.96. The molecule has 118 valence electrons. The van der Waals surface area contributed by atoms with Crippen molar-refractivity contribution < 1.29 is 17.7 Å². The Morgan fingerprint density at radius 1 is 1.27 bits per heavy atom. The predicted octanol–water partition coefficient (Wildman–Crippen LogP) is 1.95. The zero-order chi connectivity index (χ0) is 15.8. The first-order valence-electron chi connectivity index (χ1n) is 7.00. The second-order valence-electron chi connectivity index (χ2n) is 5.49. The molecular weight excluding hydrogens is 306 g/mol. The third-order valence-corrected chi connectivity index (χ3v) is 6.16. The minimum absolute atomic E-state index is 0.248. The molecule has 0 aromatic carbocycles. The SMILES string of the molecule is COc1ccc(-c2nc(C3(S(C)(=O)=O)CCCC3)no2)cn1. The van der Waals surface area contributed by atoms with E-state index in [9.17, 15) is 8.42 Å². The van der Waals surface area contributed by atoms with Crippen LogP contribution in [0.3, 0.4) is 0 Å². The van der Waals surface area contributed by atoms with Crippen molar-refractivity contribution in [3.63, 3.8) is 0 Å². The van der Waals surface area contributed by atoms with Gasteiger partial charge in [-0.1, -0.05) is 18.0 Å². The molecule has 0 spiro atoms. The van der Waals surface area contributed by atoms with Crippen LogP contribution < -0.4 is 4.74 Å². The molecule has 1 aliphatic carbocycles. The summed E-state index contributed by atoms with van der Waals surface area (Å²) in [4.78, 5) is 8.40. The number of pyridine rings is 1. The fraction of sp³-hybridized carbons (Fsp3) is 0.500. The van der Waals surface area contributed by atoms with Crippen molar-refractivity contribution >= 4 is 9.84 Å². The molecule has 0 saturated heterocycles. The normalized spacial score (nSPS) is 17.5. The molecular formula is C14H17N3O4S. The van der Waals surface area contributed by atoms with E-state index < -0.39 is 14.6 Å². The van der Waals surface area contributed by atoms with E-state index in [1.807, 2.05) is 0 Å². The Morgan fingerprint density at radius 2 is 2.00 bits per heavy atom. The Bertz CT molecular complexity index is 762. The van der Waals surface area contributed by atoms with Gasteiger partial charge in [-0.25, -0.2) is 13.4 Å². The van der Waals surface area contributed by atoms with Gasteiger partial charge in [0.15, 0.2) is 15.7 Å². The quantitative estimate of drug-likeness (QED) is 0.848. The molecule has 2 heterocycles. The van der Waals surface area contributed by atoms with Crippen LogP contribution >= 0.6 is 0 Å². The van der Waals surface area contributed by atoms with E-state index in [2.05, 4.69) is 15.1 Å². The van der Waals surface area contributed by atoms with E-state index in [0.717, 1.165) is 12.8 Å². The molecule has 0 unspecified atom stereocenters. The number of hydrogen-bond donors (Lipinski definition) is 0. The highest BCUT2D eigenvalue weighted by molar-refractivity contribution is 7.91. The van der Waals surface area contributed by atoms with E-state index in [-0.39, 0.29) is 11.7 Å². The number of ether oxygens (including phenoxy) is 1. The van der Waals surface area contributed by atoms with Gasteiger partial charge >= 0.3 is 0 Å². The molecule has 3 rings (SSSR count). The van der Waals surface area contributed by atoms with Crippen LogP contribution in [0.15, 0.2) is 22.9 Å². The van der Waals surface area contributed by atoms with E-state index in [1.54, 1.807) is 18.3 Å². The number of methoxy groups -OCH3 is 1. The maximum Gasteiger partial charge on any atom is 0.259 e. The summed E-state index contributed by atoms with van der Waals surface area (Å²) >= 11 is 0. The van der Waals surface area contributed by atoms with Gasteiger partial charge in [0.05, 0.1) is 12.7 Å². The van der Waals surface area contributed by atoms with Gasteiger partial charge in [0, 0.05) is 18.5 Å². The summed E-state index contributed by atoms with van der Waals surface area (Å²) in [6.45, 7) is 0. The van der Waals surface area contributed by atoms with Crippen molar-refractivity contribution in [3.05, 3.63) is 24.2 Å². The topological polar surface area (TPSA) is 95.2 Å². The summed E-state index contributed by atoms with van der Waals surface area (Å²) in [7, 11) is -1.79. The first-order chi connectivity index (χ1) is 10.5. The number of hydrogen-bond acceptors (Lipinski definition) is 7. The van der Waals surface area contributed by atoms with Crippen molar-refractivity contribution in [2.45, 2.75) is 30.4 Å². The lowest BCUT2D eigenvalue weighted by atomic mass is 10.1. The molecule has 0 aliphatic heterocycles. The first-order valence-corrected chi connectivity index (χ1v) is 8.90. The van der Waals surface area contributed by atoms with Gasteiger partial charge in [-0.05, 0) is 18.9 Å². The van der Waals surface area contributed by atoms with Crippen molar-refractivity contribution in [2.24, 2.45) is 0 Å². The van der Waals surface area contributed by atoms with Gasteiger partial charge in [0.1, 0.15) is 4.75 Å². The molecule has 0 atom stereocenters. The highest BCUT2D eigenvalue weighted by atomic mass is 32.2. The third-order valence-electron chi connectivity index (χ3n) is 4.15. The minimum Gasteiger partial charge on any atom is -0.481 e. The number of aromatic nitrogens is 3. The van der Waals surface area contributed by atoms with Crippen molar-refractivity contribution in [1.29, 1.82) is 0 Å². The molecule has 7 nitrogen and oxygen atoms in total. The van der Waals surface area contributed by atoms with Crippen LogP contribution in [0.4, 0.5) is 0 Å². The van der Waals surface area contributed by atoms with Gasteiger partial charge in [0.25, 0.3) is 5.89 Å². The van der Waals surface area contributed by atoms with Crippen LogP contribution in [0.25, 0.3) is 11.5 Å². The van der Waals surface area contributed by atoms with Gasteiger partial charge in [0.2, 0.25) is 5.88 Å². The van der Waals surface area contributed by atoms with Crippen molar-refractivity contribution in [3.8, 4) is 17.3 Å². The summed E-state index contributed by atoms with van der Waals surface area (Å²) in [5.74, 6) is 0.991. The Labute approximate surface area is 128 Å². The van der Waals surface area contributed by atoms with Crippen LogP contribution in [-0.4, -0.2) is 36.9 Å². The standard InChI is InChI=1S/C14H17N3O4S/c1-20-11-6-5-10(9-15-11)12-16-13(17-21-12)14(22(2,18)19)7-3-4-8-14/h5-6,9H,3-4,7-8H2,1-2H3. The van der Waals surface area contributed by atoms with Crippen LogP contribution in [-0.2, 0) is 14.6 Å². The Balaban J connectivity index is 1.99. The molecule has 0 radical (unpaired) electrons. The summed E-state index contributed by atoms with van der Waals surface area (Å²) in [5.41, 5.74) is 0.626. The molecule has 1 aliphatic rings. The van der Waals surface area contributed by atoms with Gasteiger partial charge in [-0.15, -0.1) is 0 Å². The maximum atomic E-state index is 12.2. The lowest BCUT2D eigenvalue weighted by molar-refractivity contribution is 0.396. The van der Waals surface area contributed by atoms with Gasteiger partial charge in [-0.2, -0.15) is 4.98 Å². The monoisotopic (exact) mass is 323 g/mol. The Kier molecular flexibility index (Phi) is 3.64. The van der Waals surface area contributed by atoms with Crippen molar-refractivity contribution in [2.75, 3.05) is 13.4 Å². The Morgan fingerprint density at radius 3 is 2.55 bits per heavy atom. The number of rotatable bonds is 4. The predicted molar refractivity (Wildman–Crippen MR) is 79.1 cm³/mol. The third kappa shape index (κ3) is 2.37. The fourth-order valence-electron chi connectivity index (χ4n) is 2.86. The summed E-state index contributed by atoms with van der Waals surface area (Å²) in [6.07, 6.45) is 5.56. The molecule has 1 saturated carbocycles. The van der Waals surface area contributed by atoms with E-state index in [1.165, 1.54) is 13.4 Å². The van der Waals surface area contributed by atoms with E-state index in [0.29, 0.717) is 24.3 Å². The van der Waals surface area contributed by atoms with Gasteiger partial charge < -0.3 is 9.26 Å². The molecule has 0 N–H and O–H groups in total. The molecule has 8 heteroatoms. The van der Waals surface area contributed by atoms with Crippen LogP contribution in [0, 0.1) is 0 Å². The fourth-order valence-corrected chi connectivity index (χ4v) is 4.30. The molecule has 1 fully saturated rings. The zero-order valence-corrected chi connectivity index (χ0v) is 13.3. The molecule has 0 bridgehead atoms. The maximum absolute atomic E-state index is 12.2. The molecule has 0 amide bonds. The molecule has 22 heavy (non-hydrogen) atoms. The smallest absolute Gasteiger partial charge is 0.259 e. The highest BCUT2D eigenvalue weighted by Crippen LogP contribution is 2.44. The summed E-state index contributed by atoms with van der Waals surface area (Å²) in [6, 6.07) is 3.42. The van der Waals surface area contributed by atoms with E-state index >= 15 is 0 Å². The number of sulfone groups is 1. The van der Waals surface area contributed by atoms with Gasteiger partial charge in [-0.3, -0.25) is 0 Å². The lowest BCUT2D eigenvalue weighted by Crippen LogP contribution is -2.33. The lowest BCUT2D eigenvalue weighted by Gasteiger charge is -2.22. The largest absolute Gasteiger partial charge is 0.481 e. The average molecular weight is 323 g/mol. The van der Waals surface area contributed by atoms with Crippen LogP contribution in [0.2, 0.25) is 0 Å². The highest BCUT2D eigenvalue weighted by Gasteiger charge is 2.48. The summed E-state index contributed by atoms with van der Waals surface area (Å²) in [5, 5.41) is 3.93. The van der Waals surface area contributed by atoms with Crippen LogP contribution in [0.1, 0.15) is 31.5 Å². The minimum atomic E-state index is -3.32. The molecule has 2 aromatic rings. The van der Waals surface area contributed by atoms with Crippen molar-refractivity contribution in [1.82, 2.24) is 15.1 Å². The van der Waals surface area contributed by atoms with Crippen LogP contribution in [0.5, 0.6) is 5.88 Å². The second-order valence-corrected chi connectivity index (χ2v) is 7.81. The number of nitrogens with zero attached hydrogens (tertiary/aromatic N) is 3. The zero-order valence-electron chi connectivity index (χ0n) is 12.4. The second kappa shape index (κ2) is 5.35. The molecule has 2 aromatic heterocycles. The van der Waals surface area contributed by atoms with E-state index in [4.69, 9.17) is 9.26 Å².